The van der Waals surface area contributed by atoms with Crippen molar-refractivity contribution in [2.24, 2.45) is 0 Å². The predicted molar refractivity (Wildman–Crippen MR) is 151 cm³/mol. The Morgan fingerprint density at radius 3 is 2.05 bits per heavy atom. The van der Waals surface area contributed by atoms with Crippen LogP contribution in [0.5, 0.6) is 5.75 Å². The van der Waals surface area contributed by atoms with Crippen molar-refractivity contribution in [3.8, 4) is 11.4 Å². The van der Waals surface area contributed by atoms with Gasteiger partial charge in [0.25, 0.3) is 11.8 Å². The van der Waals surface area contributed by atoms with Crippen LogP contribution in [-0.2, 0) is 16.2 Å². The zero-order valence-electron chi connectivity index (χ0n) is 21.1. The topological polar surface area (TPSA) is 80.6 Å². The summed E-state index contributed by atoms with van der Waals surface area (Å²) in [6.45, 7) is 4.26. The molecule has 7 nitrogen and oxygen atoms in total. The molecule has 9 heteroatoms. The van der Waals surface area contributed by atoms with E-state index in [1.54, 1.807) is 24.3 Å². The molecule has 4 amide bonds. The highest BCUT2D eigenvalue weighted by atomic mass is 35.5. The van der Waals surface area contributed by atoms with Gasteiger partial charge in [0.05, 0.1) is 5.69 Å². The van der Waals surface area contributed by atoms with Crippen molar-refractivity contribution in [1.82, 2.24) is 9.88 Å². The highest BCUT2D eigenvalue weighted by Crippen LogP contribution is 2.27. The van der Waals surface area contributed by atoms with Crippen molar-refractivity contribution in [2.45, 2.75) is 20.5 Å². The van der Waals surface area contributed by atoms with Gasteiger partial charge >= 0.3 is 6.03 Å². The Labute approximate surface area is 235 Å². The number of hydrogen-bond acceptors (Lipinski definition) is 4. The summed E-state index contributed by atoms with van der Waals surface area (Å²) in [7, 11) is 0. The van der Waals surface area contributed by atoms with E-state index in [-0.39, 0.29) is 5.57 Å². The van der Waals surface area contributed by atoms with Crippen LogP contribution in [-0.4, -0.2) is 22.4 Å². The van der Waals surface area contributed by atoms with Crippen LogP contribution in [0, 0.1) is 13.8 Å². The molecule has 0 bridgehead atoms. The summed E-state index contributed by atoms with van der Waals surface area (Å²) in [6.07, 6.45) is 1.51. The van der Waals surface area contributed by atoms with E-state index in [2.05, 4.69) is 5.32 Å². The lowest BCUT2D eigenvalue weighted by Gasteiger charge is -2.26. The quantitative estimate of drug-likeness (QED) is 0.212. The molecule has 1 N–H and O–H groups in total. The van der Waals surface area contributed by atoms with Crippen molar-refractivity contribution in [3.05, 3.63) is 117 Å². The highest BCUT2D eigenvalue weighted by molar-refractivity contribution is 6.39. The van der Waals surface area contributed by atoms with E-state index < -0.39 is 17.8 Å². The van der Waals surface area contributed by atoms with Crippen LogP contribution in [0.15, 0.2) is 84.4 Å². The number of carbonyl (C=O) groups is 3. The minimum atomic E-state index is -0.812. The van der Waals surface area contributed by atoms with Gasteiger partial charge in [0, 0.05) is 27.1 Å². The lowest BCUT2D eigenvalue weighted by atomic mass is 10.1. The number of barbiturate groups is 1. The number of hydrogen-bond donors (Lipinski definition) is 1. The van der Waals surface area contributed by atoms with E-state index in [1.807, 2.05) is 73.0 Å². The highest BCUT2D eigenvalue weighted by Gasteiger charge is 2.37. The molecule has 0 aliphatic carbocycles. The van der Waals surface area contributed by atoms with Gasteiger partial charge in [-0.2, -0.15) is 0 Å². The number of aromatic nitrogens is 1. The van der Waals surface area contributed by atoms with Crippen LogP contribution in [0.4, 0.5) is 10.5 Å². The Bertz CT molecular complexity index is 1610. The number of nitrogens with zero attached hydrogens (tertiary/aromatic N) is 2. The maximum absolute atomic E-state index is 13.2. The molecule has 39 heavy (non-hydrogen) atoms. The normalized spacial score (nSPS) is 14.6. The molecule has 0 radical (unpaired) electrons. The fourth-order valence-corrected chi connectivity index (χ4v) is 4.66. The first kappa shape index (κ1) is 26.3. The van der Waals surface area contributed by atoms with Crippen molar-refractivity contribution in [3.63, 3.8) is 0 Å². The molecule has 0 atom stereocenters. The number of nitrogens with one attached hydrogen (secondary N) is 1. The number of aryl methyl sites for hydroxylation is 1. The minimum absolute atomic E-state index is 0.143. The third kappa shape index (κ3) is 5.46. The zero-order chi connectivity index (χ0) is 27.7. The monoisotopic (exact) mass is 559 g/mol. The van der Waals surface area contributed by atoms with Crippen LogP contribution in [0.25, 0.3) is 11.8 Å². The molecule has 5 rings (SSSR count). The van der Waals surface area contributed by atoms with Crippen molar-refractivity contribution >= 4 is 52.8 Å². The molecule has 1 aliphatic rings. The summed E-state index contributed by atoms with van der Waals surface area (Å²) in [5, 5.41) is 3.39. The fourth-order valence-electron chi connectivity index (χ4n) is 4.41. The van der Waals surface area contributed by atoms with Crippen molar-refractivity contribution in [2.75, 3.05) is 4.90 Å². The number of anilines is 1. The predicted octanol–water partition coefficient (Wildman–Crippen LogP) is 6.65. The second-order valence-electron chi connectivity index (χ2n) is 9.01. The van der Waals surface area contributed by atoms with Gasteiger partial charge in [-0.3, -0.25) is 14.9 Å². The first-order chi connectivity index (χ1) is 18.7. The number of ether oxygens (including phenoxy) is 1. The summed E-state index contributed by atoms with van der Waals surface area (Å²) in [5.41, 5.74) is 4.48. The van der Waals surface area contributed by atoms with Gasteiger partial charge in [-0.25, -0.2) is 9.69 Å². The molecule has 0 unspecified atom stereocenters. The third-order valence-electron chi connectivity index (χ3n) is 6.37. The van der Waals surface area contributed by atoms with Gasteiger partial charge in [-0.15, -0.1) is 0 Å². The molecule has 1 fully saturated rings. The van der Waals surface area contributed by atoms with Crippen molar-refractivity contribution < 1.29 is 19.1 Å². The van der Waals surface area contributed by atoms with Gasteiger partial charge in [0.2, 0.25) is 0 Å². The number of imide groups is 2. The second kappa shape index (κ2) is 10.8. The first-order valence-electron chi connectivity index (χ1n) is 12.0. The molecule has 0 spiro atoms. The smallest absolute Gasteiger partial charge is 0.335 e. The van der Waals surface area contributed by atoms with Crippen LogP contribution < -0.4 is 15.0 Å². The molecule has 4 aromatic rings. The number of urea groups is 1. The van der Waals surface area contributed by atoms with Gasteiger partial charge < -0.3 is 9.30 Å². The molecule has 196 valence electrons. The number of benzene rings is 3. The largest absolute Gasteiger partial charge is 0.489 e. The maximum atomic E-state index is 13.2. The average molecular weight is 560 g/mol. The number of amides is 4. The van der Waals surface area contributed by atoms with Gasteiger partial charge in [-0.1, -0.05) is 35.3 Å². The Kier molecular flexibility index (Phi) is 7.28. The Hall–Kier alpha value is -4.33. The SMILES string of the molecule is Cc1cc(/C=C2\C(=O)NC(=O)N(c3ccc(Cl)cc3)C2=O)c(C)n1-c1ccc(OCc2ccc(Cl)cc2)cc1. The Morgan fingerprint density at radius 2 is 1.41 bits per heavy atom. The summed E-state index contributed by atoms with van der Waals surface area (Å²) >= 11 is 11.9. The molecule has 3 aromatic carbocycles. The van der Waals surface area contributed by atoms with Gasteiger partial charge in [0.15, 0.2) is 0 Å². The molecule has 1 saturated heterocycles. The zero-order valence-corrected chi connectivity index (χ0v) is 22.6. The van der Waals surface area contributed by atoms with Crippen LogP contribution in [0.3, 0.4) is 0 Å². The first-order valence-corrected chi connectivity index (χ1v) is 12.8. The molecular weight excluding hydrogens is 537 g/mol. The second-order valence-corrected chi connectivity index (χ2v) is 9.88. The van der Waals surface area contributed by atoms with Gasteiger partial charge in [0.1, 0.15) is 17.9 Å². The number of carbonyl (C=O) groups excluding carboxylic acids is 3. The molecule has 2 heterocycles. The Balaban J connectivity index is 1.39. The molecule has 1 aliphatic heterocycles. The molecule has 1 aromatic heterocycles. The summed E-state index contributed by atoms with van der Waals surface area (Å²) < 4.78 is 7.91. The van der Waals surface area contributed by atoms with Crippen molar-refractivity contribution in [1.29, 1.82) is 0 Å². The van der Waals surface area contributed by atoms with E-state index in [0.29, 0.717) is 27.9 Å². The molecule has 0 saturated carbocycles. The van der Waals surface area contributed by atoms with E-state index in [0.717, 1.165) is 33.3 Å². The lowest BCUT2D eigenvalue weighted by molar-refractivity contribution is -0.122. The van der Waals surface area contributed by atoms with E-state index in [9.17, 15) is 14.4 Å². The number of halogens is 2. The van der Waals surface area contributed by atoms with E-state index in [1.165, 1.54) is 6.08 Å². The summed E-state index contributed by atoms with van der Waals surface area (Å²) in [4.78, 5) is 39.3. The van der Waals surface area contributed by atoms with E-state index in [4.69, 9.17) is 27.9 Å². The maximum Gasteiger partial charge on any atom is 0.335 e. The average Bonchev–Trinajstić information content (AvgIpc) is 3.20. The van der Waals surface area contributed by atoms with Crippen LogP contribution in [0.2, 0.25) is 10.0 Å². The van der Waals surface area contributed by atoms with Crippen LogP contribution in [0.1, 0.15) is 22.5 Å². The molecular formula is C30H23Cl2N3O4. The minimum Gasteiger partial charge on any atom is -0.489 e. The third-order valence-corrected chi connectivity index (χ3v) is 6.87. The van der Waals surface area contributed by atoms with Gasteiger partial charge in [-0.05, 0) is 97.8 Å². The van der Waals surface area contributed by atoms with Crippen LogP contribution >= 0.6 is 23.2 Å². The fraction of sp³-hybridized carbons (Fsp3) is 0.100. The summed E-state index contributed by atoms with van der Waals surface area (Å²) in [5.74, 6) is -0.741. The number of rotatable bonds is 6. The Morgan fingerprint density at radius 1 is 0.821 bits per heavy atom. The lowest BCUT2D eigenvalue weighted by Crippen LogP contribution is -2.54. The summed E-state index contributed by atoms with van der Waals surface area (Å²) in [6, 6.07) is 22.4. The standard InChI is InChI=1S/C30H23Cl2N3O4/c1-18-15-21(16-27-28(36)33-30(38)35(29(27)37)25-9-7-23(32)8-10-25)19(2)34(18)24-11-13-26(14-12-24)39-17-20-3-5-22(31)6-4-20/h3-16H,17H2,1-2H3,(H,33,36,38)/b27-16+. The van der Waals surface area contributed by atoms with E-state index >= 15 is 0 Å².